The first-order valence-corrected chi connectivity index (χ1v) is 11.7. The average Bonchev–Trinajstić information content (AvgIpc) is 2.73. The van der Waals surface area contributed by atoms with Crippen LogP contribution in [0.1, 0.15) is 5.69 Å². The van der Waals surface area contributed by atoms with Gasteiger partial charge in [0.2, 0.25) is 21.9 Å². The van der Waals surface area contributed by atoms with Gasteiger partial charge in [-0.05, 0) is 31.2 Å². The minimum absolute atomic E-state index is 0.157. The number of likely N-dealkylation sites (N-methyl/N-ethyl adjacent to an activating group) is 1. The third-order valence-electron chi connectivity index (χ3n) is 5.04. The quantitative estimate of drug-likeness (QED) is 0.670. The van der Waals surface area contributed by atoms with Gasteiger partial charge < -0.3 is 19.9 Å². The Kier molecular flexibility index (Phi) is 6.96. The zero-order valence-electron chi connectivity index (χ0n) is 18.2. The van der Waals surface area contributed by atoms with Crippen molar-refractivity contribution in [3.05, 3.63) is 36.0 Å². The number of nitrogens with zero attached hydrogens (tertiary/aromatic N) is 5. The van der Waals surface area contributed by atoms with Crippen molar-refractivity contribution >= 4 is 33.4 Å². The monoisotopic (exact) mass is 448 g/mol. The number of rotatable bonds is 7. The van der Waals surface area contributed by atoms with Crippen LogP contribution in [0.3, 0.4) is 0 Å². The molecule has 31 heavy (non-hydrogen) atoms. The molecule has 0 bridgehead atoms. The number of carbonyl (C=O) groups is 1. The molecule has 3 rings (SSSR count). The molecule has 1 amide bonds. The molecule has 10 nitrogen and oxygen atoms in total. The van der Waals surface area contributed by atoms with Gasteiger partial charge in [0, 0.05) is 50.7 Å². The van der Waals surface area contributed by atoms with Crippen molar-refractivity contribution in [3.8, 4) is 5.75 Å². The topological polar surface area (TPSA) is 108 Å². The maximum absolute atomic E-state index is 12.4. The zero-order chi connectivity index (χ0) is 22.6. The summed E-state index contributed by atoms with van der Waals surface area (Å²) in [6, 6.07) is 9.43. The summed E-state index contributed by atoms with van der Waals surface area (Å²) in [6.07, 6.45) is 1.09. The first-order chi connectivity index (χ1) is 14.7. The number of hydrogen-bond donors (Lipinski definition) is 1. The fourth-order valence-corrected chi connectivity index (χ4v) is 3.49. The second-order valence-corrected chi connectivity index (χ2v) is 9.52. The number of ether oxygens (including phenoxy) is 1. The fraction of sp³-hybridized carbons (Fsp3) is 0.450. The highest BCUT2D eigenvalue weighted by Gasteiger charge is 2.25. The van der Waals surface area contributed by atoms with Crippen molar-refractivity contribution in [2.24, 2.45) is 0 Å². The van der Waals surface area contributed by atoms with Crippen LogP contribution < -0.4 is 15.0 Å². The van der Waals surface area contributed by atoms with Gasteiger partial charge in [0.15, 0.2) is 0 Å². The predicted octanol–water partition coefficient (Wildman–Crippen LogP) is 1.08. The molecule has 1 aliphatic heterocycles. The molecule has 0 radical (unpaired) electrons. The normalized spacial score (nSPS) is 14.6. The lowest BCUT2D eigenvalue weighted by atomic mass is 10.3. The molecule has 1 aromatic carbocycles. The lowest BCUT2D eigenvalue weighted by Gasteiger charge is -2.35. The number of piperazine rings is 1. The summed E-state index contributed by atoms with van der Waals surface area (Å²) in [5, 5.41) is 3.28. The Morgan fingerprint density at radius 1 is 1.16 bits per heavy atom. The lowest BCUT2D eigenvalue weighted by molar-refractivity contribution is -0.131. The number of nitrogens with one attached hydrogen (secondary N) is 1. The molecule has 1 aliphatic rings. The summed E-state index contributed by atoms with van der Waals surface area (Å²) in [7, 11) is -0.359. The molecule has 1 fully saturated rings. The Morgan fingerprint density at radius 3 is 2.39 bits per heavy atom. The molecule has 0 spiro atoms. The Bertz CT molecular complexity index is 1020. The van der Waals surface area contributed by atoms with Crippen molar-refractivity contribution in [2.45, 2.75) is 6.92 Å². The fourth-order valence-electron chi connectivity index (χ4n) is 3.14. The van der Waals surface area contributed by atoms with Crippen LogP contribution in [-0.2, 0) is 14.8 Å². The minimum atomic E-state index is -3.39. The van der Waals surface area contributed by atoms with Crippen LogP contribution in [0, 0.1) is 6.92 Å². The van der Waals surface area contributed by atoms with Crippen LogP contribution in [0.15, 0.2) is 30.3 Å². The Balaban J connectivity index is 1.63. The number of amides is 1. The van der Waals surface area contributed by atoms with E-state index < -0.39 is 10.0 Å². The van der Waals surface area contributed by atoms with E-state index in [1.807, 2.05) is 42.2 Å². The summed E-state index contributed by atoms with van der Waals surface area (Å²) < 4.78 is 29.3. The number of aryl methyl sites for hydroxylation is 1. The first-order valence-electron chi connectivity index (χ1n) is 9.86. The molecule has 2 aromatic rings. The largest absolute Gasteiger partial charge is 0.497 e. The lowest BCUT2D eigenvalue weighted by Crippen LogP contribution is -2.51. The van der Waals surface area contributed by atoms with E-state index in [1.165, 1.54) is 7.05 Å². The van der Waals surface area contributed by atoms with Gasteiger partial charge in [-0.3, -0.25) is 4.79 Å². The van der Waals surface area contributed by atoms with Gasteiger partial charge in [0.25, 0.3) is 0 Å². The average molecular weight is 449 g/mol. The first kappa shape index (κ1) is 22.8. The van der Waals surface area contributed by atoms with Crippen LogP contribution in [0.2, 0.25) is 0 Å². The summed E-state index contributed by atoms with van der Waals surface area (Å²) >= 11 is 0. The summed E-state index contributed by atoms with van der Waals surface area (Å²) in [5.74, 6) is 1.84. The molecule has 0 atom stereocenters. The van der Waals surface area contributed by atoms with Crippen molar-refractivity contribution in [2.75, 3.05) is 63.4 Å². The molecule has 1 aromatic heterocycles. The zero-order valence-corrected chi connectivity index (χ0v) is 19.0. The Labute approximate surface area is 182 Å². The second-order valence-electron chi connectivity index (χ2n) is 7.43. The molecule has 11 heteroatoms. The molecule has 1 saturated heterocycles. The summed E-state index contributed by atoms with van der Waals surface area (Å²) in [5.41, 5.74) is 1.71. The van der Waals surface area contributed by atoms with Gasteiger partial charge in [0.1, 0.15) is 11.6 Å². The maximum Gasteiger partial charge on any atom is 0.238 e. The predicted molar refractivity (Wildman–Crippen MR) is 119 cm³/mol. The molecule has 0 unspecified atom stereocenters. The van der Waals surface area contributed by atoms with Crippen molar-refractivity contribution in [1.29, 1.82) is 0 Å². The van der Waals surface area contributed by atoms with E-state index in [1.54, 1.807) is 12.0 Å². The highest BCUT2D eigenvalue weighted by molar-refractivity contribution is 7.88. The highest BCUT2D eigenvalue weighted by atomic mass is 32.2. The highest BCUT2D eigenvalue weighted by Crippen LogP contribution is 2.21. The molecular formula is C20H28N6O4S. The van der Waals surface area contributed by atoms with Gasteiger partial charge in [-0.1, -0.05) is 0 Å². The smallest absolute Gasteiger partial charge is 0.238 e. The van der Waals surface area contributed by atoms with Gasteiger partial charge in [-0.15, -0.1) is 0 Å². The third kappa shape index (κ3) is 6.05. The van der Waals surface area contributed by atoms with Crippen molar-refractivity contribution < 1.29 is 17.9 Å². The van der Waals surface area contributed by atoms with Crippen molar-refractivity contribution in [1.82, 2.24) is 19.2 Å². The Hall–Kier alpha value is -2.92. The number of aromatic nitrogens is 2. The number of sulfonamides is 1. The van der Waals surface area contributed by atoms with E-state index in [2.05, 4.69) is 15.3 Å². The van der Waals surface area contributed by atoms with E-state index in [4.69, 9.17) is 4.74 Å². The number of anilines is 3. The third-order valence-corrected chi connectivity index (χ3v) is 6.31. The van der Waals surface area contributed by atoms with Crippen LogP contribution in [0.4, 0.5) is 17.5 Å². The molecular weight excluding hydrogens is 420 g/mol. The molecule has 1 N–H and O–H groups in total. The second kappa shape index (κ2) is 9.48. The van der Waals surface area contributed by atoms with Crippen LogP contribution >= 0.6 is 0 Å². The van der Waals surface area contributed by atoms with E-state index in [-0.39, 0.29) is 12.5 Å². The van der Waals surface area contributed by atoms with Gasteiger partial charge in [-0.25, -0.2) is 13.4 Å². The summed E-state index contributed by atoms with van der Waals surface area (Å²) in [6.45, 7) is 3.85. The molecule has 2 heterocycles. The van der Waals surface area contributed by atoms with E-state index in [0.29, 0.717) is 37.9 Å². The van der Waals surface area contributed by atoms with E-state index in [9.17, 15) is 13.2 Å². The number of methoxy groups -OCH3 is 1. The van der Waals surface area contributed by atoms with E-state index >= 15 is 0 Å². The Morgan fingerprint density at radius 2 is 1.81 bits per heavy atom. The summed E-state index contributed by atoms with van der Waals surface area (Å²) in [4.78, 5) is 25.3. The number of hydrogen-bond acceptors (Lipinski definition) is 8. The molecule has 0 saturated carbocycles. The standard InChI is InChI=1S/C20H28N6O4S/c1-15-13-18(22-16-5-7-17(30-3)8-6-16)23-20(21-15)26-11-9-25(10-12-26)19(27)14-24(2)31(4,28)29/h5-8,13H,9-12,14H2,1-4H3,(H,21,22,23). The van der Waals surface area contributed by atoms with Crippen LogP contribution in [0.5, 0.6) is 5.75 Å². The van der Waals surface area contributed by atoms with E-state index in [0.717, 1.165) is 27.7 Å². The maximum atomic E-state index is 12.4. The van der Waals surface area contributed by atoms with Crippen molar-refractivity contribution in [3.63, 3.8) is 0 Å². The SMILES string of the molecule is COc1ccc(Nc2cc(C)nc(N3CCN(C(=O)CN(C)S(C)(=O)=O)CC3)n2)cc1. The van der Waals surface area contributed by atoms with Crippen LogP contribution in [-0.4, -0.2) is 86.6 Å². The number of carbonyl (C=O) groups excluding carboxylic acids is 1. The minimum Gasteiger partial charge on any atom is -0.497 e. The van der Waals surface area contributed by atoms with Crippen LogP contribution in [0.25, 0.3) is 0 Å². The van der Waals surface area contributed by atoms with Gasteiger partial charge in [-0.2, -0.15) is 9.29 Å². The molecule has 0 aliphatic carbocycles. The molecule has 168 valence electrons. The van der Waals surface area contributed by atoms with Gasteiger partial charge >= 0.3 is 0 Å². The van der Waals surface area contributed by atoms with Gasteiger partial charge in [0.05, 0.1) is 19.9 Å². The number of benzene rings is 1.